The molecule has 1 aliphatic carbocycles. The van der Waals surface area contributed by atoms with E-state index < -0.39 is 0 Å². The van der Waals surface area contributed by atoms with E-state index in [4.69, 9.17) is 4.74 Å². The third-order valence-electron chi connectivity index (χ3n) is 2.67. The van der Waals surface area contributed by atoms with Crippen molar-refractivity contribution in [1.29, 1.82) is 0 Å². The van der Waals surface area contributed by atoms with Crippen molar-refractivity contribution in [1.82, 2.24) is 4.90 Å². The van der Waals surface area contributed by atoms with Crippen LogP contribution in [0.2, 0.25) is 0 Å². The fourth-order valence-electron chi connectivity index (χ4n) is 1.74. The number of hydrogen-bond donors (Lipinski definition) is 0. The van der Waals surface area contributed by atoms with Crippen molar-refractivity contribution in [2.75, 3.05) is 13.2 Å². The van der Waals surface area contributed by atoms with Gasteiger partial charge >= 0.3 is 5.97 Å². The Morgan fingerprint density at radius 2 is 2.44 bits per heavy atom. The molecule has 0 aliphatic heterocycles. The van der Waals surface area contributed by atoms with Crippen LogP contribution >= 0.6 is 11.3 Å². The average molecular weight is 239 g/mol. The van der Waals surface area contributed by atoms with E-state index in [9.17, 15) is 4.79 Å². The molecule has 1 aromatic heterocycles. The molecule has 4 heteroatoms. The van der Waals surface area contributed by atoms with E-state index in [-0.39, 0.29) is 5.97 Å². The first-order chi connectivity index (χ1) is 7.79. The molecule has 0 atom stereocenters. The fourth-order valence-corrected chi connectivity index (χ4v) is 2.40. The average Bonchev–Trinajstić information content (AvgIpc) is 2.98. The van der Waals surface area contributed by atoms with Crippen molar-refractivity contribution >= 4 is 17.3 Å². The van der Waals surface area contributed by atoms with Gasteiger partial charge in [-0.3, -0.25) is 9.69 Å². The van der Waals surface area contributed by atoms with Gasteiger partial charge in [-0.05, 0) is 42.2 Å². The lowest BCUT2D eigenvalue weighted by atomic mass is 10.3. The zero-order valence-corrected chi connectivity index (χ0v) is 10.3. The molecule has 0 unspecified atom stereocenters. The predicted molar refractivity (Wildman–Crippen MR) is 64.4 cm³/mol. The topological polar surface area (TPSA) is 29.5 Å². The van der Waals surface area contributed by atoms with E-state index in [0.29, 0.717) is 19.2 Å². The highest BCUT2D eigenvalue weighted by Gasteiger charge is 2.30. The van der Waals surface area contributed by atoms with Gasteiger partial charge in [0.15, 0.2) is 0 Å². The van der Waals surface area contributed by atoms with E-state index in [1.54, 1.807) is 11.3 Å². The highest BCUT2D eigenvalue weighted by molar-refractivity contribution is 7.07. The molecule has 1 aromatic rings. The minimum atomic E-state index is -0.107. The number of thiophene rings is 1. The Hall–Kier alpha value is -0.870. The predicted octanol–water partition coefficient (Wildman–Crippen LogP) is 2.28. The van der Waals surface area contributed by atoms with Crippen LogP contribution < -0.4 is 0 Å². The van der Waals surface area contributed by atoms with Crippen molar-refractivity contribution in [3.8, 4) is 0 Å². The lowest BCUT2D eigenvalue weighted by Crippen LogP contribution is -2.32. The lowest BCUT2D eigenvalue weighted by molar-refractivity contribution is -0.144. The smallest absolute Gasteiger partial charge is 0.320 e. The number of rotatable bonds is 6. The Morgan fingerprint density at radius 3 is 3.00 bits per heavy atom. The van der Waals surface area contributed by atoms with Crippen LogP contribution in [0.1, 0.15) is 25.3 Å². The standard InChI is InChI=1S/C12H17NO2S/c1-2-15-12(14)8-13(11-3-4-11)7-10-5-6-16-9-10/h5-6,9,11H,2-4,7-8H2,1H3. The van der Waals surface area contributed by atoms with Crippen molar-refractivity contribution in [2.45, 2.75) is 32.4 Å². The normalized spacial score (nSPS) is 15.4. The van der Waals surface area contributed by atoms with Crippen molar-refractivity contribution in [3.63, 3.8) is 0 Å². The zero-order chi connectivity index (χ0) is 11.4. The molecule has 2 rings (SSSR count). The van der Waals surface area contributed by atoms with Gasteiger partial charge in [-0.25, -0.2) is 0 Å². The van der Waals surface area contributed by atoms with Crippen LogP contribution in [0.5, 0.6) is 0 Å². The second kappa shape index (κ2) is 5.46. The van der Waals surface area contributed by atoms with E-state index in [0.717, 1.165) is 6.54 Å². The molecule has 0 aromatic carbocycles. The summed E-state index contributed by atoms with van der Waals surface area (Å²) in [5.41, 5.74) is 1.29. The molecule has 0 spiro atoms. The number of nitrogens with zero attached hydrogens (tertiary/aromatic N) is 1. The third-order valence-corrected chi connectivity index (χ3v) is 3.40. The first kappa shape index (κ1) is 11.6. The second-order valence-corrected chi connectivity index (χ2v) is 4.85. The Bertz CT molecular complexity index is 333. The summed E-state index contributed by atoms with van der Waals surface area (Å²) < 4.78 is 4.99. The third kappa shape index (κ3) is 3.32. The minimum absolute atomic E-state index is 0.107. The van der Waals surface area contributed by atoms with Crippen molar-refractivity contribution < 1.29 is 9.53 Å². The quantitative estimate of drug-likeness (QED) is 0.713. The molecule has 0 bridgehead atoms. The van der Waals surface area contributed by atoms with E-state index in [2.05, 4.69) is 21.7 Å². The molecule has 1 aliphatic rings. The fraction of sp³-hybridized carbons (Fsp3) is 0.583. The van der Waals surface area contributed by atoms with E-state index in [1.807, 2.05) is 6.92 Å². The van der Waals surface area contributed by atoms with Gasteiger partial charge in [0.25, 0.3) is 0 Å². The van der Waals surface area contributed by atoms with Crippen LogP contribution in [0.25, 0.3) is 0 Å². The summed E-state index contributed by atoms with van der Waals surface area (Å²) in [6.45, 7) is 3.61. The minimum Gasteiger partial charge on any atom is -0.465 e. The monoisotopic (exact) mass is 239 g/mol. The number of esters is 1. The Kier molecular flexibility index (Phi) is 3.96. The van der Waals surface area contributed by atoms with Gasteiger partial charge in [-0.15, -0.1) is 0 Å². The second-order valence-electron chi connectivity index (χ2n) is 4.07. The highest BCUT2D eigenvalue weighted by atomic mass is 32.1. The van der Waals surface area contributed by atoms with Gasteiger partial charge in [0.1, 0.15) is 0 Å². The summed E-state index contributed by atoms with van der Waals surface area (Å²) in [5.74, 6) is -0.107. The molecule has 3 nitrogen and oxygen atoms in total. The number of hydrogen-bond acceptors (Lipinski definition) is 4. The summed E-state index contributed by atoms with van der Waals surface area (Å²) in [6, 6.07) is 2.70. The Morgan fingerprint density at radius 1 is 1.62 bits per heavy atom. The van der Waals surface area contributed by atoms with Gasteiger partial charge in [-0.2, -0.15) is 11.3 Å². The Balaban J connectivity index is 1.87. The van der Waals surface area contributed by atoms with Crippen LogP contribution in [0.3, 0.4) is 0 Å². The summed E-state index contributed by atoms with van der Waals surface area (Å²) in [4.78, 5) is 13.7. The van der Waals surface area contributed by atoms with Gasteiger partial charge < -0.3 is 4.74 Å². The maximum Gasteiger partial charge on any atom is 0.320 e. The molecular formula is C12H17NO2S. The van der Waals surface area contributed by atoms with Gasteiger partial charge in [0, 0.05) is 12.6 Å². The summed E-state index contributed by atoms with van der Waals surface area (Å²) >= 11 is 1.70. The van der Waals surface area contributed by atoms with Crippen LogP contribution in [0.15, 0.2) is 16.8 Å². The van der Waals surface area contributed by atoms with Crippen LogP contribution in [0.4, 0.5) is 0 Å². The van der Waals surface area contributed by atoms with Gasteiger partial charge in [-0.1, -0.05) is 0 Å². The molecule has 0 amide bonds. The van der Waals surface area contributed by atoms with Crippen LogP contribution in [-0.2, 0) is 16.1 Å². The lowest BCUT2D eigenvalue weighted by Gasteiger charge is -2.20. The summed E-state index contributed by atoms with van der Waals surface area (Å²) in [6.07, 6.45) is 2.42. The zero-order valence-electron chi connectivity index (χ0n) is 9.52. The number of carbonyl (C=O) groups is 1. The SMILES string of the molecule is CCOC(=O)CN(Cc1ccsc1)C1CC1. The molecule has 88 valence electrons. The van der Waals surface area contributed by atoms with Crippen molar-refractivity contribution in [2.24, 2.45) is 0 Å². The van der Waals surface area contributed by atoms with Crippen LogP contribution in [0, 0.1) is 0 Å². The van der Waals surface area contributed by atoms with Crippen LogP contribution in [-0.4, -0.2) is 30.1 Å². The molecule has 0 N–H and O–H groups in total. The van der Waals surface area contributed by atoms with Crippen molar-refractivity contribution in [3.05, 3.63) is 22.4 Å². The summed E-state index contributed by atoms with van der Waals surface area (Å²) in [5, 5.41) is 4.21. The first-order valence-electron chi connectivity index (χ1n) is 5.70. The van der Waals surface area contributed by atoms with Gasteiger partial charge in [0.05, 0.1) is 13.2 Å². The maximum absolute atomic E-state index is 11.5. The largest absolute Gasteiger partial charge is 0.465 e. The molecule has 1 heterocycles. The molecule has 0 radical (unpaired) electrons. The number of carbonyl (C=O) groups excluding carboxylic acids is 1. The molecule has 1 fully saturated rings. The van der Waals surface area contributed by atoms with Gasteiger partial charge in [0.2, 0.25) is 0 Å². The van der Waals surface area contributed by atoms with E-state index in [1.165, 1.54) is 18.4 Å². The molecular weight excluding hydrogens is 222 g/mol. The molecule has 0 saturated heterocycles. The first-order valence-corrected chi connectivity index (χ1v) is 6.64. The summed E-state index contributed by atoms with van der Waals surface area (Å²) in [7, 11) is 0. The van der Waals surface area contributed by atoms with E-state index >= 15 is 0 Å². The highest BCUT2D eigenvalue weighted by Crippen LogP contribution is 2.28. The molecule has 16 heavy (non-hydrogen) atoms. The molecule has 1 saturated carbocycles. The maximum atomic E-state index is 11.5. The number of ether oxygens (including phenoxy) is 1. The Labute approximate surface area is 100 Å².